The first-order valence-electron chi connectivity index (χ1n) is 9.92. The highest BCUT2D eigenvalue weighted by Crippen LogP contribution is 2.24. The highest BCUT2D eigenvalue weighted by atomic mass is 16.5. The molecule has 6 N–H and O–H groups in total. The van der Waals surface area contributed by atoms with E-state index in [1.165, 1.54) is 16.4 Å². The van der Waals surface area contributed by atoms with Crippen LogP contribution in [0, 0.1) is 0 Å². The van der Waals surface area contributed by atoms with Crippen molar-refractivity contribution < 1.29 is 49.0 Å². The number of nitrogens with one attached hydrogen (secondary N) is 3. The van der Waals surface area contributed by atoms with Crippen LogP contribution < -0.4 is 16.4 Å². The number of ether oxygens (including phenoxy) is 3. The molecule has 0 fully saturated rings. The smallest absolute Gasteiger partial charge is 0.245 e. The Labute approximate surface area is 180 Å². The molecule has 0 saturated carbocycles. The summed E-state index contributed by atoms with van der Waals surface area (Å²) in [4.78, 5) is 45.8. The molecule has 1 unspecified atom stereocenters. The van der Waals surface area contributed by atoms with Crippen molar-refractivity contribution in [2.24, 2.45) is 0 Å². The van der Waals surface area contributed by atoms with Crippen LogP contribution in [0.25, 0.3) is 0 Å². The third-order valence-electron chi connectivity index (χ3n) is 4.17. The van der Waals surface area contributed by atoms with E-state index < -0.39 is 23.3 Å². The van der Waals surface area contributed by atoms with E-state index in [9.17, 15) is 19.2 Å². The van der Waals surface area contributed by atoms with Crippen molar-refractivity contribution in [2.45, 2.75) is 57.5 Å². The monoisotopic (exact) mass is 451 g/mol. The molecule has 0 aromatic carbocycles. The van der Waals surface area contributed by atoms with Crippen molar-refractivity contribution in [1.29, 1.82) is 0 Å². The Kier molecular flexibility index (Phi) is 16.3. The number of ketones is 1. The van der Waals surface area contributed by atoms with Gasteiger partial charge in [-0.2, -0.15) is 0 Å². The molecular formula is C18H33N3O10. The molecule has 13 heteroatoms. The predicted octanol–water partition coefficient (Wildman–Crippen LogP) is -0.389. The van der Waals surface area contributed by atoms with Gasteiger partial charge in [-0.3, -0.25) is 34.8 Å². The zero-order chi connectivity index (χ0) is 23.5. The Bertz CT molecular complexity index is 561. The summed E-state index contributed by atoms with van der Waals surface area (Å²) in [5.74, 6) is -2.01. The summed E-state index contributed by atoms with van der Waals surface area (Å²) in [6.45, 7) is 1.71. The molecule has 0 aliphatic heterocycles. The van der Waals surface area contributed by atoms with Gasteiger partial charge in [0.1, 0.15) is 11.4 Å². The number of hydroxylamine groups is 3. The lowest BCUT2D eigenvalue weighted by atomic mass is 9.92. The fourth-order valence-corrected chi connectivity index (χ4v) is 2.58. The topological polar surface area (TPSA) is 193 Å². The molecular weight excluding hydrogens is 418 g/mol. The van der Waals surface area contributed by atoms with Gasteiger partial charge >= 0.3 is 0 Å². The van der Waals surface area contributed by atoms with E-state index in [2.05, 4.69) is 0 Å². The molecule has 180 valence electrons. The summed E-state index contributed by atoms with van der Waals surface area (Å²) in [5, 5.41) is 25.7. The average molecular weight is 451 g/mol. The standard InChI is InChI=1S/C18H33N3O10/c1-2-3-14(22)12-18(31-10-6-17(25)21-28,13-30-9-5-16(24)20-27)7-11-29-8-4-15(23)19-26/h26-28H,2-13H2,1H3,(H,19,23)(H,20,24)(H,21,25). The van der Waals surface area contributed by atoms with Gasteiger partial charge in [-0.15, -0.1) is 0 Å². The molecule has 0 aliphatic carbocycles. The SMILES string of the molecule is CCCC(=O)CC(CCOCCC(=O)NO)(COCCC(=O)NO)OCCC(=O)NO. The predicted molar refractivity (Wildman–Crippen MR) is 103 cm³/mol. The maximum absolute atomic E-state index is 12.3. The lowest BCUT2D eigenvalue weighted by Gasteiger charge is -2.33. The van der Waals surface area contributed by atoms with Gasteiger partial charge in [-0.1, -0.05) is 6.92 Å². The van der Waals surface area contributed by atoms with Crippen LogP contribution >= 0.6 is 0 Å². The lowest BCUT2D eigenvalue weighted by Crippen LogP contribution is -2.42. The van der Waals surface area contributed by atoms with E-state index in [1.54, 1.807) is 0 Å². The van der Waals surface area contributed by atoms with Crippen LogP contribution in [-0.2, 0) is 33.4 Å². The Balaban J connectivity index is 5.09. The minimum absolute atomic E-state index is 0.0236. The van der Waals surface area contributed by atoms with Crippen molar-refractivity contribution in [3.05, 3.63) is 0 Å². The quantitative estimate of drug-likeness (QED) is 0.0855. The molecule has 0 saturated heterocycles. The molecule has 0 spiro atoms. The normalized spacial score (nSPS) is 12.6. The van der Waals surface area contributed by atoms with Crippen LogP contribution in [0.2, 0.25) is 0 Å². The van der Waals surface area contributed by atoms with E-state index in [4.69, 9.17) is 29.8 Å². The van der Waals surface area contributed by atoms with Crippen LogP contribution in [0.1, 0.15) is 51.9 Å². The molecule has 0 aliphatic rings. The fourth-order valence-electron chi connectivity index (χ4n) is 2.58. The third-order valence-corrected chi connectivity index (χ3v) is 4.17. The van der Waals surface area contributed by atoms with Crippen LogP contribution in [0.15, 0.2) is 0 Å². The number of rotatable bonds is 19. The maximum Gasteiger partial charge on any atom is 0.245 e. The van der Waals surface area contributed by atoms with Gasteiger partial charge in [0, 0.05) is 25.9 Å². The van der Waals surface area contributed by atoms with Crippen molar-refractivity contribution >= 4 is 23.5 Å². The zero-order valence-electron chi connectivity index (χ0n) is 17.7. The number of amides is 3. The van der Waals surface area contributed by atoms with Crippen molar-refractivity contribution in [3.63, 3.8) is 0 Å². The van der Waals surface area contributed by atoms with E-state index in [0.717, 1.165) is 0 Å². The number of hydrogen-bond donors (Lipinski definition) is 6. The summed E-state index contributed by atoms with van der Waals surface area (Å²) in [5.41, 5.74) is 3.29. The summed E-state index contributed by atoms with van der Waals surface area (Å²) in [6, 6.07) is 0. The molecule has 13 nitrogen and oxygen atoms in total. The minimum atomic E-state index is -1.17. The van der Waals surface area contributed by atoms with Gasteiger partial charge in [0.15, 0.2) is 0 Å². The molecule has 0 aromatic rings. The lowest BCUT2D eigenvalue weighted by molar-refractivity contribution is -0.147. The van der Waals surface area contributed by atoms with Crippen LogP contribution in [0.3, 0.4) is 0 Å². The highest BCUT2D eigenvalue weighted by molar-refractivity contribution is 5.79. The van der Waals surface area contributed by atoms with Gasteiger partial charge < -0.3 is 14.2 Å². The molecule has 0 rings (SSSR count). The number of Topliss-reactive ketones (excluding diaryl/α,β-unsaturated/α-hetero) is 1. The number of hydrogen-bond acceptors (Lipinski definition) is 10. The molecule has 31 heavy (non-hydrogen) atoms. The molecule has 0 bridgehead atoms. The van der Waals surface area contributed by atoms with Gasteiger partial charge in [-0.05, 0) is 6.42 Å². The van der Waals surface area contributed by atoms with Crippen LogP contribution in [0.5, 0.6) is 0 Å². The first-order valence-corrected chi connectivity index (χ1v) is 9.92. The number of carbonyl (C=O) groups excluding carboxylic acids is 4. The van der Waals surface area contributed by atoms with Crippen LogP contribution in [-0.4, -0.2) is 77.8 Å². The maximum atomic E-state index is 12.3. The fraction of sp³-hybridized carbons (Fsp3) is 0.778. The molecule has 0 aromatic heterocycles. The Morgan fingerprint density at radius 3 is 1.77 bits per heavy atom. The Morgan fingerprint density at radius 1 is 0.742 bits per heavy atom. The minimum Gasteiger partial charge on any atom is -0.381 e. The zero-order valence-corrected chi connectivity index (χ0v) is 17.7. The summed E-state index contributed by atoms with van der Waals surface area (Å²) in [7, 11) is 0. The molecule has 0 heterocycles. The van der Waals surface area contributed by atoms with Gasteiger partial charge in [-0.25, -0.2) is 16.4 Å². The van der Waals surface area contributed by atoms with E-state index in [0.29, 0.717) is 12.8 Å². The Hall–Kier alpha value is -2.16. The van der Waals surface area contributed by atoms with Gasteiger partial charge in [0.2, 0.25) is 17.7 Å². The Morgan fingerprint density at radius 2 is 1.26 bits per heavy atom. The van der Waals surface area contributed by atoms with E-state index in [-0.39, 0.29) is 70.9 Å². The van der Waals surface area contributed by atoms with Crippen molar-refractivity contribution in [3.8, 4) is 0 Å². The summed E-state index contributed by atoms with van der Waals surface area (Å²) < 4.78 is 16.7. The highest BCUT2D eigenvalue weighted by Gasteiger charge is 2.34. The van der Waals surface area contributed by atoms with Gasteiger partial charge in [0.25, 0.3) is 0 Å². The van der Waals surface area contributed by atoms with Crippen LogP contribution in [0.4, 0.5) is 0 Å². The molecule has 0 radical (unpaired) electrons. The van der Waals surface area contributed by atoms with Gasteiger partial charge in [0.05, 0.1) is 45.7 Å². The largest absolute Gasteiger partial charge is 0.381 e. The second-order valence-corrected chi connectivity index (χ2v) is 6.77. The summed E-state index contributed by atoms with van der Waals surface area (Å²) in [6.07, 6.45) is 0.742. The second kappa shape index (κ2) is 17.5. The molecule has 3 amide bonds. The third kappa shape index (κ3) is 14.5. The average Bonchev–Trinajstić information content (AvgIpc) is 2.75. The van der Waals surface area contributed by atoms with Crippen molar-refractivity contribution in [1.82, 2.24) is 16.4 Å². The van der Waals surface area contributed by atoms with Crippen molar-refractivity contribution in [2.75, 3.05) is 33.0 Å². The van der Waals surface area contributed by atoms with E-state index >= 15 is 0 Å². The second-order valence-electron chi connectivity index (χ2n) is 6.77. The first kappa shape index (κ1) is 28.8. The number of carbonyl (C=O) groups is 4. The molecule has 1 atom stereocenters. The first-order chi connectivity index (χ1) is 14.8. The summed E-state index contributed by atoms with van der Waals surface area (Å²) >= 11 is 0. The van der Waals surface area contributed by atoms with E-state index in [1.807, 2.05) is 6.92 Å².